The van der Waals surface area contributed by atoms with Crippen LogP contribution in [-0.2, 0) is 14.9 Å². The Morgan fingerprint density at radius 1 is 1.39 bits per heavy atom. The van der Waals surface area contributed by atoms with Crippen LogP contribution in [0.4, 0.5) is 0 Å². The third-order valence-corrected chi connectivity index (χ3v) is 6.36. The Balaban J connectivity index is 1.87. The third kappa shape index (κ3) is 1.28. The largest absolute Gasteiger partial charge is 0.504 e. The molecule has 1 unspecified atom stereocenters. The number of hydrogen-bond acceptors (Lipinski definition) is 5. The Labute approximate surface area is 134 Å². The Kier molecular flexibility index (Phi) is 2.34. The fourth-order valence-corrected chi connectivity index (χ4v) is 5.25. The number of nitrogens with zero attached hydrogens (tertiary/aromatic N) is 1. The van der Waals surface area contributed by atoms with Crippen molar-refractivity contribution in [3.8, 4) is 11.5 Å². The second kappa shape index (κ2) is 3.97. The molecule has 2 bridgehead atoms. The molecule has 2 spiro atoms. The van der Waals surface area contributed by atoms with Gasteiger partial charge in [0, 0.05) is 18.2 Å². The topological polar surface area (TPSA) is 59.0 Å². The van der Waals surface area contributed by atoms with Crippen LogP contribution >= 0.6 is 0 Å². The quantitative estimate of drug-likeness (QED) is 0.789. The summed E-state index contributed by atoms with van der Waals surface area (Å²) < 4.78 is 12.4. The van der Waals surface area contributed by atoms with Gasteiger partial charge in [-0.1, -0.05) is 6.07 Å². The number of aromatic hydroxyl groups is 1. The molecule has 120 valence electrons. The van der Waals surface area contributed by atoms with Gasteiger partial charge in [-0.2, -0.15) is 0 Å². The van der Waals surface area contributed by atoms with Crippen LogP contribution in [0.5, 0.6) is 11.5 Å². The maximum absolute atomic E-state index is 12.6. The Bertz CT molecular complexity index is 773. The number of fused-ring (bicyclic) bond motifs is 2. The highest BCUT2D eigenvalue weighted by atomic mass is 16.5. The van der Waals surface area contributed by atoms with Crippen molar-refractivity contribution < 1.29 is 19.4 Å². The molecule has 23 heavy (non-hydrogen) atoms. The molecule has 1 aromatic carbocycles. The van der Waals surface area contributed by atoms with E-state index in [1.807, 2.05) is 19.1 Å². The van der Waals surface area contributed by atoms with Gasteiger partial charge < -0.3 is 14.6 Å². The molecule has 0 radical (unpaired) electrons. The third-order valence-electron chi connectivity index (χ3n) is 6.36. The fraction of sp³-hybridized carbons (Fsp3) is 0.500. The molecule has 2 saturated heterocycles. The number of aryl methyl sites for hydroxylation is 1. The van der Waals surface area contributed by atoms with Crippen molar-refractivity contribution in [2.75, 3.05) is 13.3 Å². The number of phenols is 1. The molecular formula is C18H19NO4. The van der Waals surface area contributed by atoms with Crippen LogP contribution in [0.2, 0.25) is 0 Å². The first-order valence-corrected chi connectivity index (χ1v) is 8.12. The van der Waals surface area contributed by atoms with Gasteiger partial charge in [0.05, 0.1) is 5.41 Å². The second-order valence-electron chi connectivity index (χ2n) is 7.12. The molecule has 5 rings (SSSR count). The number of carbonyl (C=O) groups is 1. The van der Waals surface area contributed by atoms with Crippen molar-refractivity contribution in [1.82, 2.24) is 4.90 Å². The Morgan fingerprint density at radius 3 is 3.04 bits per heavy atom. The molecule has 1 aliphatic carbocycles. The number of hydrogen-bond donors (Lipinski definition) is 1. The summed E-state index contributed by atoms with van der Waals surface area (Å²) in [7, 11) is 0. The van der Waals surface area contributed by atoms with Gasteiger partial charge >= 0.3 is 0 Å². The number of carbonyl (C=O) groups excluding carboxylic acids is 1. The SMILES string of the molecule is Cc1ccc(O)c2c1[C@]13CCN4CO[C@]1(C=CC(=O)[C@@H]3O2)[C@H]4C. The highest BCUT2D eigenvalue weighted by Crippen LogP contribution is 2.63. The highest BCUT2D eigenvalue weighted by Gasteiger charge is 2.72. The lowest BCUT2D eigenvalue weighted by molar-refractivity contribution is -0.134. The first-order valence-electron chi connectivity index (χ1n) is 8.12. The minimum absolute atomic E-state index is 0.0400. The van der Waals surface area contributed by atoms with Crippen LogP contribution in [0.15, 0.2) is 24.3 Å². The summed E-state index contributed by atoms with van der Waals surface area (Å²) in [4.78, 5) is 14.9. The van der Waals surface area contributed by atoms with Crippen LogP contribution in [0.3, 0.4) is 0 Å². The zero-order valence-corrected chi connectivity index (χ0v) is 13.2. The fourth-order valence-electron chi connectivity index (χ4n) is 5.25. The second-order valence-corrected chi connectivity index (χ2v) is 7.12. The van der Waals surface area contributed by atoms with Crippen LogP contribution in [0, 0.1) is 6.92 Å². The molecule has 4 aliphatic rings. The lowest BCUT2D eigenvalue weighted by atomic mass is 9.55. The summed E-state index contributed by atoms with van der Waals surface area (Å²) in [6.07, 6.45) is 3.72. The van der Waals surface area contributed by atoms with E-state index in [0.29, 0.717) is 12.5 Å². The van der Waals surface area contributed by atoms with Gasteiger partial charge in [-0.05, 0) is 44.1 Å². The van der Waals surface area contributed by atoms with Crippen LogP contribution in [0.25, 0.3) is 0 Å². The van der Waals surface area contributed by atoms with E-state index < -0.39 is 17.1 Å². The maximum Gasteiger partial charge on any atom is 0.196 e. The lowest BCUT2D eigenvalue weighted by Gasteiger charge is -2.53. The molecule has 1 aromatic rings. The predicted molar refractivity (Wildman–Crippen MR) is 82.6 cm³/mol. The van der Waals surface area contributed by atoms with E-state index in [2.05, 4.69) is 11.8 Å². The van der Waals surface area contributed by atoms with Crippen LogP contribution < -0.4 is 4.74 Å². The van der Waals surface area contributed by atoms with E-state index in [1.165, 1.54) is 0 Å². The molecule has 3 heterocycles. The minimum Gasteiger partial charge on any atom is -0.504 e. The average Bonchev–Trinajstić information content (AvgIpc) is 2.98. The Morgan fingerprint density at radius 2 is 2.22 bits per heavy atom. The summed E-state index contributed by atoms with van der Waals surface area (Å²) >= 11 is 0. The molecule has 0 saturated carbocycles. The summed E-state index contributed by atoms with van der Waals surface area (Å²) in [5.74, 6) is 0.523. The smallest absolute Gasteiger partial charge is 0.196 e. The van der Waals surface area contributed by atoms with E-state index in [4.69, 9.17) is 9.47 Å². The monoisotopic (exact) mass is 313 g/mol. The van der Waals surface area contributed by atoms with E-state index in [0.717, 1.165) is 24.1 Å². The zero-order valence-electron chi connectivity index (χ0n) is 13.2. The van der Waals surface area contributed by atoms with Crippen molar-refractivity contribution in [2.45, 2.75) is 43.4 Å². The molecule has 5 atom stereocenters. The van der Waals surface area contributed by atoms with Crippen molar-refractivity contribution in [3.05, 3.63) is 35.4 Å². The number of benzene rings is 1. The van der Waals surface area contributed by atoms with Crippen LogP contribution in [-0.4, -0.2) is 46.8 Å². The first-order chi connectivity index (χ1) is 11.0. The van der Waals surface area contributed by atoms with Crippen molar-refractivity contribution >= 4 is 5.78 Å². The molecule has 5 heteroatoms. The van der Waals surface area contributed by atoms with Crippen LogP contribution in [0.1, 0.15) is 24.5 Å². The highest BCUT2D eigenvalue weighted by molar-refractivity contribution is 5.98. The van der Waals surface area contributed by atoms with Gasteiger partial charge in [-0.3, -0.25) is 9.69 Å². The van der Waals surface area contributed by atoms with E-state index in [-0.39, 0.29) is 17.6 Å². The molecule has 3 aliphatic heterocycles. The average molecular weight is 313 g/mol. The molecule has 5 nitrogen and oxygen atoms in total. The Hall–Kier alpha value is -1.85. The number of rotatable bonds is 0. The minimum atomic E-state index is -0.614. The maximum atomic E-state index is 12.6. The van der Waals surface area contributed by atoms with Crippen molar-refractivity contribution in [1.29, 1.82) is 0 Å². The van der Waals surface area contributed by atoms with Gasteiger partial charge in [-0.15, -0.1) is 0 Å². The van der Waals surface area contributed by atoms with Crippen molar-refractivity contribution in [3.63, 3.8) is 0 Å². The molecule has 0 aromatic heterocycles. The lowest BCUT2D eigenvalue weighted by Crippen LogP contribution is -2.68. The number of ketones is 1. The van der Waals surface area contributed by atoms with Crippen molar-refractivity contribution in [2.24, 2.45) is 0 Å². The van der Waals surface area contributed by atoms with Gasteiger partial charge in [0.1, 0.15) is 12.3 Å². The number of piperidine rings is 1. The van der Waals surface area contributed by atoms with E-state index in [9.17, 15) is 9.90 Å². The molecular weight excluding hydrogens is 294 g/mol. The molecule has 0 amide bonds. The summed E-state index contributed by atoms with van der Waals surface area (Å²) in [6, 6.07) is 3.71. The molecule has 2 fully saturated rings. The van der Waals surface area contributed by atoms with Gasteiger partial charge in [0.25, 0.3) is 0 Å². The number of ether oxygens (including phenoxy) is 2. The number of phenolic OH excluding ortho intramolecular Hbond substituents is 1. The predicted octanol–water partition coefficient (Wildman–Crippen LogP) is 1.66. The first kappa shape index (κ1) is 13.6. The molecule has 1 N–H and O–H groups in total. The standard InChI is InChI=1S/C18H19NO4/c1-10-3-4-12(20)15-14(10)17-7-8-19-9-22-18(17,11(19)2)6-5-13(21)16(17)23-15/h3-6,11,16,20H,7-9H2,1-2H3/t11-,16+,17+,18-/m1/s1. The van der Waals surface area contributed by atoms with Gasteiger partial charge in [-0.25, -0.2) is 0 Å². The summed E-state index contributed by atoms with van der Waals surface area (Å²) in [6.45, 7) is 5.60. The van der Waals surface area contributed by atoms with E-state index >= 15 is 0 Å². The normalized spacial score (nSPS) is 42.9. The van der Waals surface area contributed by atoms with Gasteiger partial charge in [0.15, 0.2) is 23.4 Å². The zero-order chi connectivity index (χ0) is 16.0. The van der Waals surface area contributed by atoms with E-state index in [1.54, 1.807) is 12.1 Å². The summed E-state index contributed by atoms with van der Waals surface area (Å²) in [5, 5.41) is 10.3. The van der Waals surface area contributed by atoms with Gasteiger partial charge in [0.2, 0.25) is 0 Å². The summed E-state index contributed by atoms with van der Waals surface area (Å²) in [5.41, 5.74) is 0.865.